The van der Waals surface area contributed by atoms with Gasteiger partial charge in [0.15, 0.2) is 0 Å². The van der Waals surface area contributed by atoms with Crippen molar-refractivity contribution >= 4 is 52.2 Å². The molecular weight excluding hydrogens is 393 g/mol. The average Bonchev–Trinajstić information content (AvgIpc) is 2.95. The van der Waals surface area contributed by atoms with Gasteiger partial charge in [0.05, 0.1) is 9.90 Å². The molecule has 3 rings (SSSR count). The number of aryl methyl sites for hydroxylation is 2. The van der Waals surface area contributed by atoms with Gasteiger partial charge in [0.1, 0.15) is 11.5 Å². The maximum atomic E-state index is 14.1. The second-order valence-corrected chi connectivity index (χ2v) is 8.14. The molecule has 0 radical (unpaired) electrons. The van der Waals surface area contributed by atoms with Crippen molar-refractivity contribution in [1.82, 2.24) is 4.98 Å². The zero-order valence-corrected chi connectivity index (χ0v) is 16.4. The van der Waals surface area contributed by atoms with Crippen LogP contribution in [0.25, 0.3) is 0 Å². The second-order valence-electron chi connectivity index (χ2n) is 5.45. The molecule has 0 fully saturated rings. The summed E-state index contributed by atoms with van der Waals surface area (Å²) in [6.07, 6.45) is 0. The van der Waals surface area contributed by atoms with Crippen molar-refractivity contribution in [3.05, 3.63) is 68.9 Å². The highest BCUT2D eigenvalue weighted by Crippen LogP contribution is 2.28. The SMILES string of the molecule is Cc1nc(C(=O)Nc2ccc(F)c(SNc3ccc(Cl)cc3)c2)c(C)s1. The molecule has 0 unspecified atom stereocenters. The number of nitrogens with zero attached hydrogens (tertiary/aromatic N) is 1. The van der Waals surface area contributed by atoms with Crippen molar-refractivity contribution in [2.75, 3.05) is 10.0 Å². The number of hydrogen-bond acceptors (Lipinski definition) is 5. The molecule has 2 aromatic carbocycles. The number of halogens is 2. The van der Waals surface area contributed by atoms with Gasteiger partial charge in [-0.2, -0.15) is 0 Å². The highest BCUT2D eigenvalue weighted by Gasteiger charge is 2.15. The first-order chi connectivity index (χ1) is 12.4. The van der Waals surface area contributed by atoms with Crippen LogP contribution in [0.1, 0.15) is 20.4 Å². The minimum absolute atomic E-state index is 0.305. The lowest BCUT2D eigenvalue weighted by Gasteiger charge is -2.09. The Morgan fingerprint density at radius 2 is 1.85 bits per heavy atom. The predicted molar refractivity (Wildman–Crippen MR) is 107 cm³/mol. The highest BCUT2D eigenvalue weighted by molar-refractivity contribution is 8.00. The van der Waals surface area contributed by atoms with E-state index in [0.717, 1.165) is 27.5 Å². The van der Waals surface area contributed by atoms with Crippen molar-refractivity contribution in [3.63, 3.8) is 0 Å². The first-order valence-corrected chi connectivity index (χ1v) is 9.67. The topological polar surface area (TPSA) is 54.0 Å². The standard InChI is InChI=1S/C18H15ClFN3OS2/c1-10-17(21-11(2)25-10)18(24)22-14-7-8-15(20)16(9-14)26-23-13-5-3-12(19)4-6-13/h3-9,23H,1-2H3,(H,22,24). The second kappa shape index (κ2) is 8.07. The molecule has 0 saturated carbocycles. The van der Waals surface area contributed by atoms with Gasteiger partial charge in [-0.1, -0.05) is 11.6 Å². The van der Waals surface area contributed by atoms with Crippen molar-refractivity contribution in [2.24, 2.45) is 0 Å². The third-order valence-corrected chi connectivity index (χ3v) is 5.44. The molecule has 0 atom stereocenters. The van der Waals surface area contributed by atoms with Crippen LogP contribution < -0.4 is 10.0 Å². The number of benzene rings is 2. The molecule has 1 heterocycles. The number of rotatable bonds is 5. The smallest absolute Gasteiger partial charge is 0.275 e. The number of hydrogen-bond donors (Lipinski definition) is 2. The normalized spacial score (nSPS) is 10.6. The van der Waals surface area contributed by atoms with E-state index < -0.39 is 0 Å². The number of carbonyl (C=O) groups is 1. The largest absolute Gasteiger partial charge is 0.326 e. The van der Waals surface area contributed by atoms with E-state index in [-0.39, 0.29) is 11.7 Å². The molecule has 0 aliphatic rings. The average molecular weight is 408 g/mol. The Balaban J connectivity index is 1.71. The molecule has 0 bridgehead atoms. The number of aromatic nitrogens is 1. The summed E-state index contributed by atoms with van der Waals surface area (Å²) in [7, 11) is 0. The molecule has 0 aliphatic heterocycles. The number of nitrogens with one attached hydrogen (secondary N) is 2. The molecule has 0 saturated heterocycles. The van der Waals surface area contributed by atoms with E-state index >= 15 is 0 Å². The van der Waals surface area contributed by atoms with Crippen LogP contribution in [-0.2, 0) is 0 Å². The predicted octanol–water partition coefficient (Wildman–Crippen LogP) is 5.92. The van der Waals surface area contributed by atoms with Crippen LogP contribution in [0.5, 0.6) is 0 Å². The van der Waals surface area contributed by atoms with E-state index in [1.807, 2.05) is 13.8 Å². The van der Waals surface area contributed by atoms with E-state index in [1.165, 1.54) is 23.5 Å². The Labute approximate surface area is 163 Å². The molecule has 26 heavy (non-hydrogen) atoms. The van der Waals surface area contributed by atoms with Gasteiger partial charge < -0.3 is 10.0 Å². The number of thiazole rings is 1. The van der Waals surface area contributed by atoms with Crippen LogP contribution in [-0.4, -0.2) is 10.9 Å². The fourth-order valence-electron chi connectivity index (χ4n) is 2.22. The van der Waals surface area contributed by atoms with E-state index in [1.54, 1.807) is 30.3 Å². The lowest BCUT2D eigenvalue weighted by Crippen LogP contribution is -2.13. The molecule has 3 aromatic rings. The highest BCUT2D eigenvalue weighted by atomic mass is 35.5. The van der Waals surface area contributed by atoms with E-state index in [2.05, 4.69) is 15.0 Å². The third-order valence-electron chi connectivity index (χ3n) is 3.43. The summed E-state index contributed by atoms with van der Waals surface area (Å²) in [5, 5.41) is 4.22. The van der Waals surface area contributed by atoms with Gasteiger partial charge in [-0.05, 0) is 68.3 Å². The first-order valence-electron chi connectivity index (χ1n) is 7.66. The lowest BCUT2D eigenvalue weighted by molar-refractivity contribution is 0.102. The molecule has 0 aliphatic carbocycles. The minimum atomic E-state index is -0.379. The maximum absolute atomic E-state index is 14.1. The van der Waals surface area contributed by atoms with Crippen molar-refractivity contribution in [2.45, 2.75) is 18.7 Å². The maximum Gasteiger partial charge on any atom is 0.275 e. The molecule has 0 spiro atoms. The third kappa shape index (κ3) is 4.55. The fraction of sp³-hybridized carbons (Fsp3) is 0.111. The van der Waals surface area contributed by atoms with Gasteiger partial charge >= 0.3 is 0 Å². The van der Waals surface area contributed by atoms with Crippen LogP contribution in [0.2, 0.25) is 5.02 Å². The van der Waals surface area contributed by atoms with Gasteiger partial charge in [0, 0.05) is 21.3 Å². The van der Waals surface area contributed by atoms with Gasteiger partial charge in [0.2, 0.25) is 0 Å². The Morgan fingerprint density at radius 3 is 2.50 bits per heavy atom. The fourth-order valence-corrected chi connectivity index (χ4v) is 3.88. The summed E-state index contributed by atoms with van der Waals surface area (Å²) in [5.74, 6) is -0.685. The monoisotopic (exact) mass is 407 g/mol. The van der Waals surface area contributed by atoms with Crippen LogP contribution in [0.3, 0.4) is 0 Å². The molecule has 8 heteroatoms. The van der Waals surface area contributed by atoms with Crippen LogP contribution in [0.15, 0.2) is 47.4 Å². The number of amides is 1. The summed E-state index contributed by atoms with van der Waals surface area (Å²) < 4.78 is 17.1. The van der Waals surface area contributed by atoms with Gasteiger partial charge in [-0.25, -0.2) is 9.37 Å². The van der Waals surface area contributed by atoms with E-state index in [0.29, 0.717) is 21.3 Å². The summed E-state index contributed by atoms with van der Waals surface area (Å²) in [4.78, 5) is 17.8. The van der Waals surface area contributed by atoms with Crippen LogP contribution in [0, 0.1) is 19.7 Å². The van der Waals surface area contributed by atoms with Crippen LogP contribution >= 0.6 is 34.9 Å². The number of carbonyl (C=O) groups excluding carboxylic acids is 1. The minimum Gasteiger partial charge on any atom is -0.326 e. The van der Waals surface area contributed by atoms with Crippen molar-refractivity contribution < 1.29 is 9.18 Å². The Bertz CT molecular complexity index is 944. The van der Waals surface area contributed by atoms with Crippen molar-refractivity contribution in [1.29, 1.82) is 0 Å². The Hall–Kier alpha value is -2.09. The Kier molecular flexibility index (Phi) is 5.80. The number of anilines is 2. The van der Waals surface area contributed by atoms with E-state index in [9.17, 15) is 9.18 Å². The first kappa shape index (κ1) is 18.7. The zero-order chi connectivity index (χ0) is 18.7. The summed E-state index contributed by atoms with van der Waals surface area (Å²) in [6, 6.07) is 11.5. The van der Waals surface area contributed by atoms with E-state index in [4.69, 9.17) is 11.6 Å². The summed E-state index contributed by atoms with van der Waals surface area (Å²) in [5.41, 5.74) is 1.69. The summed E-state index contributed by atoms with van der Waals surface area (Å²) in [6.45, 7) is 3.70. The van der Waals surface area contributed by atoms with Gasteiger partial charge in [-0.3, -0.25) is 4.79 Å². The molecule has 1 aromatic heterocycles. The van der Waals surface area contributed by atoms with Crippen LogP contribution in [0.4, 0.5) is 15.8 Å². The Morgan fingerprint density at radius 1 is 1.15 bits per heavy atom. The van der Waals surface area contributed by atoms with Gasteiger partial charge in [0.25, 0.3) is 5.91 Å². The zero-order valence-electron chi connectivity index (χ0n) is 14.0. The quantitative estimate of drug-likeness (QED) is 0.515. The van der Waals surface area contributed by atoms with Gasteiger partial charge in [-0.15, -0.1) is 11.3 Å². The summed E-state index contributed by atoms with van der Waals surface area (Å²) >= 11 is 8.43. The molecule has 4 nitrogen and oxygen atoms in total. The lowest BCUT2D eigenvalue weighted by atomic mass is 10.3. The molecule has 1 amide bonds. The molecule has 2 N–H and O–H groups in total. The molecular formula is C18H15ClFN3OS2. The van der Waals surface area contributed by atoms with Crippen molar-refractivity contribution in [3.8, 4) is 0 Å². The molecule has 134 valence electrons.